The first kappa shape index (κ1) is 18.3. The molecule has 1 aliphatic heterocycles. The van der Waals surface area contributed by atoms with Crippen LogP contribution < -0.4 is 0 Å². The number of benzene rings is 2. The molecule has 0 spiro atoms. The molecular weight excluding hydrogens is 312 g/mol. The molecule has 0 aromatic heterocycles. The number of aliphatic hydroxyl groups excluding tert-OH is 1. The number of methoxy groups -OCH3 is 1. The van der Waals surface area contributed by atoms with Crippen LogP contribution >= 0.6 is 0 Å². The van der Waals surface area contributed by atoms with Crippen LogP contribution in [-0.4, -0.2) is 68.5 Å². The average molecular weight is 342 g/mol. The second-order valence-electron chi connectivity index (χ2n) is 7.29. The number of hydrogen-bond acceptors (Lipinski definition) is 4. The molecule has 0 radical (unpaired) electrons. The van der Waals surface area contributed by atoms with Crippen LogP contribution in [0, 0.1) is 11.8 Å². The third kappa shape index (κ3) is 4.59. The lowest BCUT2D eigenvalue weighted by atomic mass is 9.96. The van der Waals surface area contributed by atoms with Gasteiger partial charge in [0.25, 0.3) is 0 Å². The zero-order chi connectivity index (χ0) is 17.6. The van der Waals surface area contributed by atoms with Crippen molar-refractivity contribution in [3.8, 4) is 0 Å². The quantitative estimate of drug-likeness (QED) is 0.799. The van der Waals surface area contributed by atoms with Gasteiger partial charge >= 0.3 is 0 Å². The minimum Gasteiger partial charge on any atom is -0.396 e. The molecule has 2 aromatic rings. The molecule has 0 unspecified atom stereocenters. The molecule has 2 aromatic carbocycles. The van der Waals surface area contributed by atoms with E-state index in [2.05, 4.69) is 59.3 Å². The summed E-state index contributed by atoms with van der Waals surface area (Å²) in [6, 6.07) is 15.1. The molecule has 1 fully saturated rings. The number of aliphatic hydroxyl groups is 1. The number of likely N-dealkylation sites (N-methyl/N-ethyl adjacent to an activating group) is 1. The highest BCUT2D eigenvalue weighted by Gasteiger charge is 2.32. The first-order chi connectivity index (χ1) is 12.2. The molecule has 0 aliphatic carbocycles. The van der Waals surface area contributed by atoms with E-state index in [0.29, 0.717) is 11.8 Å². The Morgan fingerprint density at radius 1 is 1.12 bits per heavy atom. The highest BCUT2D eigenvalue weighted by molar-refractivity contribution is 5.85. The zero-order valence-electron chi connectivity index (χ0n) is 15.4. The summed E-state index contributed by atoms with van der Waals surface area (Å²) in [6.45, 7) is 5.96. The monoisotopic (exact) mass is 342 g/mol. The van der Waals surface area contributed by atoms with Crippen molar-refractivity contribution in [3.63, 3.8) is 0 Å². The van der Waals surface area contributed by atoms with Gasteiger partial charge < -0.3 is 14.7 Å². The average Bonchev–Trinajstić information content (AvgIpc) is 3.01. The Hall–Kier alpha value is -1.46. The number of likely N-dealkylation sites (tertiary alicyclic amines) is 1. The topological polar surface area (TPSA) is 35.9 Å². The van der Waals surface area contributed by atoms with Gasteiger partial charge in [-0.15, -0.1) is 0 Å². The molecule has 1 aliphatic rings. The summed E-state index contributed by atoms with van der Waals surface area (Å²) in [4.78, 5) is 4.82. The van der Waals surface area contributed by atoms with Crippen molar-refractivity contribution in [3.05, 3.63) is 48.0 Å². The molecule has 136 valence electrons. The van der Waals surface area contributed by atoms with Crippen LogP contribution in [-0.2, 0) is 11.3 Å². The highest BCUT2D eigenvalue weighted by atomic mass is 16.5. The van der Waals surface area contributed by atoms with E-state index in [-0.39, 0.29) is 6.61 Å². The van der Waals surface area contributed by atoms with Crippen molar-refractivity contribution in [1.29, 1.82) is 0 Å². The van der Waals surface area contributed by atoms with Crippen LogP contribution in [0.5, 0.6) is 0 Å². The SMILES string of the molecule is COCCN(C)C[C@@H]1CN(Cc2cccc3ccccc23)C[C@@H]1CO. The van der Waals surface area contributed by atoms with Crippen molar-refractivity contribution in [2.45, 2.75) is 6.54 Å². The van der Waals surface area contributed by atoms with Gasteiger partial charge in [-0.25, -0.2) is 0 Å². The number of nitrogens with zero attached hydrogens (tertiary/aromatic N) is 2. The summed E-state index contributed by atoms with van der Waals surface area (Å²) in [5.41, 5.74) is 1.38. The minimum atomic E-state index is 0.273. The lowest BCUT2D eigenvalue weighted by molar-refractivity contribution is 0.136. The molecule has 25 heavy (non-hydrogen) atoms. The molecule has 0 saturated carbocycles. The van der Waals surface area contributed by atoms with Crippen molar-refractivity contribution < 1.29 is 9.84 Å². The molecule has 2 atom stereocenters. The van der Waals surface area contributed by atoms with Crippen LogP contribution in [0.1, 0.15) is 5.56 Å². The smallest absolute Gasteiger partial charge is 0.0589 e. The third-order valence-electron chi connectivity index (χ3n) is 5.38. The summed E-state index contributed by atoms with van der Waals surface area (Å²) in [5, 5.41) is 12.5. The Bertz CT molecular complexity index is 670. The maximum absolute atomic E-state index is 9.81. The molecule has 3 rings (SSSR count). The maximum Gasteiger partial charge on any atom is 0.0589 e. The summed E-state index contributed by atoms with van der Waals surface area (Å²) >= 11 is 0. The van der Waals surface area contributed by atoms with E-state index >= 15 is 0 Å². The van der Waals surface area contributed by atoms with E-state index in [0.717, 1.165) is 39.3 Å². The van der Waals surface area contributed by atoms with Crippen molar-refractivity contribution in [2.75, 3.05) is 53.6 Å². The van der Waals surface area contributed by atoms with Crippen LogP contribution in [0.25, 0.3) is 10.8 Å². The third-order valence-corrected chi connectivity index (χ3v) is 5.38. The van der Waals surface area contributed by atoms with Gasteiger partial charge in [0.1, 0.15) is 0 Å². The van der Waals surface area contributed by atoms with E-state index in [1.54, 1.807) is 7.11 Å². The number of ether oxygens (including phenoxy) is 1. The fourth-order valence-electron chi connectivity index (χ4n) is 3.99. The number of hydrogen-bond donors (Lipinski definition) is 1. The van der Waals surface area contributed by atoms with Crippen molar-refractivity contribution >= 4 is 10.8 Å². The summed E-state index contributed by atoms with van der Waals surface area (Å²) in [7, 11) is 3.88. The standard InChI is InChI=1S/C21H30N2O2/c1-22(10-11-25-2)12-19-14-23(15-20(19)16-24)13-18-8-5-7-17-6-3-4-9-21(17)18/h3-9,19-20,24H,10-16H2,1-2H3/t19-,20-/m1/s1. The van der Waals surface area contributed by atoms with Crippen molar-refractivity contribution in [2.24, 2.45) is 11.8 Å². The van der Waals surface area contributed by atoms with Crippen LogP contribution in [0.2, 0.25) is 0 Å². The summed E-state index contributed by atoms with van der Waals surface area (Å²) in [5.74, 6) is 0.877. The van der Waals surface area contributed by atoms with Gasteiger partial charge in [-0.2, -0.15) is 0 Å². The highest BCUT2D eigenvalue weighted by Crippen LogP contribution is 2.27. The number of fused-ring (bicyclic) bond motifs is 1. The van der Waals surface area contributed by atoms with Gasteiger partial charge in [0.2, 0.25) is 0 Å². The largest absolute Gasteiger partial charge is 0.396 e. The van der Waals surface area contributed by atoms with Gasteiger partial charge in [-0.1, -0.05) is 42.5 Å². The second kappa shape index (κ2) is 8.77. The summed E-state index contributed by atoms with van der Waals surface area (Å²) < 4.78 is 5.17. The molecule has 0 bridgehead atoms. The van der Waals surface area contributed by atoms with Crippen LogP contribution in [0.4, 0.5) is 0 Å². The lowest BCUT2D eigenvalue weighted by Crippen LogP contribution is -2.33. The molecule has 1 heterocycles. The van der Waals surface area contributed by atoms with Crippen LogP contribution in [0.15, 0.2) is 42.5 Å². The Morgan fingerprint density at radius 3 is 2.68 bits per heavy atom. The first-order valence-electron chi connectivity index (χ1n) is 9.18. The normalized spacial score (nSPS) is 21.4. The summed E-state index contributed by atoms with van der Waals surface area (Å²) in [6.07, 6.45) is 0. The Labute approximate surface area is 151 Å². The Balaban J connectivity index is 1.65. The van der Waals surface area contributed by atoms with E-state index in [1.165, 1.54) is 16.3 Å². The molecular formula is C21H30N2O2. The minimum absolute atomic E-state index is 0.273. The van der Waals surface area contributed by atoms with Gasteiger partial charge in [0.15, 0.2) is 0 Å². The molecule has 1 N–H and O–H groups in total. The van der Waals surface area contributed by atoms with E-state index in [1.807, 2.05) is 0 Å². The Morgan fingerprint density at radius 2 is 1.88 bits per heavy atom. The fourth-order valence-corrected chi connectivity index (χ4v) is 3.99. The lowest BCUT2D eigenvalue weighted by Gasteiger charge is -2.23. The zero-order valence-corrected chi connectivity index (χ0v) is 15.4. The first-order valence-corrected chi connectivity index (χ1v) is 9.18. The molecule has 4 nitrogen and oxygen atoms in total. The predicted molar refractivity (Wildman–Crippen MR) is 103 cm³/mol. The molecule has 1 saturated heterocycles. The van der Waals surface area contributed by atoms with Crippen LogP contribution in [0.3, 0.4) is 0 Å². The van der Waals surface area contributed by atoms with Gasteiger partial charge in [0.05, 0.1) is 6.61 Å². The Kier molecular flexibility index (Phi) is 6.43. The molecule has 4 heteroatoms. The van der Waals surface area contributed by atoms with Gasteiger partial charge in [-0.05, 0) is 35.2 Å². The number of rotatable bonds is 8. The van der Waals surface area contributed by atoms with Crippen molar-refractivity contribution in [1.82, 2.24) is 9.80 Å². The van der Waals surface area contributed by atoms with Gasteiger partial charge in [-0.3, -0.25) is 4.90 Å². The fraction of sp³-hybridized carbons (Fsp3) is 0.524. The molecule has 0 amide bonds. The van der Waals surface area contributed by atoms with E-state index in [4.69, 9.17) is 4.74 Å². The predicted octanol–water partition coefficient (Wildman–Crippen LogP) is 2.46. The van der Waals surface area contributed by atoms with Gasteiger partial charge in [0, 0.05) is 46.4 Å². The van der Waals surface area contributed by atoms with E-state index < -0.39 is 0 Å². The second-order valence-corrected chi connectivity index (χ2v) is 7.29. The van der Waals surface area contributed by atoms with E-state index in [9.17, 15) is 5.11 Å². The maximum atomic E-state index is 9.81.